The average molecular weight is 404 g/mol. The Kier molecular flexibility index (Phi) is 316. The van der Waals surface area contributed by atoms with Gasteiger partial charge in [-0.15, -0.1) is 0 Å². The van der Waals surface area contributed by atoms with Crippen molar-refractivity contribution in [3.05, 3.63) is 0 Å². The van der Waals surface area contributed by atoms with Crippen LogP contribution in [0.1, 0.15) is 0 Å². The molecule has 0 nitrogen and oxygen atoms in total. The van der Waals surface area contributed by atoms with Crippen LogP contribution in [0.15, 0.2) is 0 Å². The van der Waals surface area contributed by atoms with E-state index in [4.69, 9.17) is 0 Å². The minimum absolute atomic E-state index is 0. The minimum Gasteiger partial charge on any atom is -0.0149 e. The molecule has 5 heteroatoms. The summed E-state index contributed by atoms with van der Waals surface area (Å²) in [6, 6.07) is 0. The van der Waals surface area contributed by atoms with Gasteiger partial charge in [0.1, 0.15) is 0 Å². The quantitative estimate of drug-likeness (QED) is 0.434. The van der Waals surface area contributed by atoms with Crippen molar-refractivity contribution < 1.29 is 73.6 Å². The van der Waals surface area contributed by atoms with Crippen molar-refractivity contribution in [2.45, 2.75) is 0 Å². The van der Waals surface area contributed by atoms with Crippen LogP contribution in [0.4, 0.5) is 0 Å². The van der Waals surface area contributed by atoms with E-state index >= 15 is 0 Å². The summed E-state index contributed by atoms with van der Waals surface area (Å²) in [5, 5.41) is 0. The first-order valence-electron chi connectivity index (χ1n) is 0. The minimum atomic E-state index is 0. The van der Waals surface area contributed by atoms with Crippen LogP contribution < -0.4 is 0 Å². The van der Waals surface area contributed by atoms with E-state index in [0.29, 0.717) is 0 Å². The SMILES string of the molecule is [Cu].[Cu].[Cu].[SiH4].[Ta]. The molecule has 5 heavy (non-hydrogen) atoms. The third-order valence-corrected chi connectivity index (χ3v) is 0. The molecule has 0 aromatic rings. The first-order valence-corrected chi connectivity index (χ1v) is 0. The largest absolute Gasteiger partial charge is 0.0149 e. The van der Waals surface area contributed by atoms with Gasteiger partial charge in [-0.25, -0.2) is 0 Å². The van der Waals surface area contributed by atoms with Crippen molar-refractivity contribution in [3.8, 4) is 0 Å². The Morgan fingerprint density at radius 2 is 0.600 bits per heavy atom. The molecule has 0 atom stereocenters. The summed E-state index contributed by atoms with van der Waals surface area (Å²) in [5.41, 5.74) is 0. The predicted molar refractivity (Wildman–Crippen MR) is 11.3 cm³/mol. The molecule has 0 unspecified atom stereocenters. The fourth-order valence-electron chi connectivity index (χ4n) is 0. The van der Waals surface area contributed by atoms with E-state index < -0.39 is 0 Å². The zero-order chi connectivity index (χ0) is 0. The smallest absolute Gasteiger partial charge is 0 e. The third-order valence-electron chi connectivity index (χ3n) is 0. The van der Waals surface area contributed by atoms with Crippen molar-refractivity contribution in [2.75, 3.05) is 0 Å². The average Bonchev–Trinajstić information content (AvgIpc) is 0. The van der Waals surface area contributed by atoms with Crippen LogP contribution >= 0.6 is 0 Å². The molecule has 0 bridgehead atoms. The molecular weight excluding hydrogens is 400 g/mol. The van der Waals surface area contributed by atoms with E-state index in [1.807, 2.05) is 0 Å². The van der Waals surface area contributed by atoms with Crippen molar-refractivity contribution in [2.24, 2.45) is 0 Å². The van der Waals surface area contributed by atoms with Gasteiger partial charge >= 0.3 is 0 Å². The van der Waals surface area contributed by atoms with Gasteiger partial charge in [0.2, 0.25) is 0 Å². The Labute approximate surface area is 83.6 Å². The summed E-state index contributed by atoms with van der Waals surface area (Å²) in [4.78, 5) is 0. The van der Waals surface area contributed by atoms with E-state index in [-0.39, 0.29) is 84.6 Å². The van der Waals surface area contributed by atoms with Crippen molar-refractivity contribution in [3.63, 3.8) is 0 Å². The molecule has 4 radical (unpaired) electrons. The van der Waals surface area contributed by atoms with Gasteiger partial charge in [0.05, 0.1) is 0 Å². The van der Waals surface area contributed by atoms with Crippen LogP contribution in [-0.2, 0) is 73.6 Å². The summed E-state index contributed by atoms with van der Waals surface area (Å²) in [6.45, 7) is 0. The fourth-order valence-corrected chi connectivity index (χ4v) is 0. The molecule has 0 N–H and O–H groups in total. The molecule has 0 aromatic carbocycles. The Bertz CT molecular complexity index is 6.85. The fraction of sp³-hybridized carbons (Fsp3) is 0. The topological polar surface area (TPSA) is 0 Å². The normalized spacial score (nSPS) is 0. The predicted octanol–water partition coefficient (Wildman–Crippen LogP) is -1.46. The van der Waals surface area contributed by atoms with Crippen molar-refractivity contribution in [1.82, 2.24) is 0 Å². The first-order chi connectivity index (χ1) is 0. The molecule has 0 aliphatic rings. The molecule has 0 amide bonds. The van der Waals surface area contributed by atoms with E-state index in [1.54, 1.807) is 0 Å². The van der Waals surface area contributed by atoms with Crippen LogP contribution in [0.2, 0.25) is 0 Å². The standard InChI is InChI=1S/3Cu.H4Si.Ta/h;;;1H4;. The summed E-state index contributed by atoms with van der Waals surface area (Å²) < 4.78 is 0. The molecular formula is H4Cu3SiTa. The van der Waals surface area contributed by atoms with Crippen LogP contribution in [0.3, 0.4) is 0 Å². The zero-order valence-corrected chi connectivity index (χ0v) is 7.39. The van der Waals surface area contributed by atoms with E-state index in [2.05, 4.69) is 0 Å². The maximum atomic E-state index is 0. The summed E-state index contributed by atoms with van der Waals surface area (Å²) in [5.74, 6) is 0. The van der Waals surface area contributed by atoms with E-state index in [0.717, 1.165) is 0 Å². The number of rotatable bonds is 0. The van der Waals surface area contributed by atoms with Crippen LogP contribution in [0.25, 0.3) is 0 Å². The molecule has 0 fully saturated rings. The molecule has 0 aromatic heterocycles. The zero-order valence-electron chi connectivity index (χ0n) is 1.35. The Morgan fingerprint density at radius 1 is 0.600 bits per heavy atom. The van der Waals surface area contributed by atoms with Gasteiger partial charge in [0, 0.05) is 73.6 Å². The van der Waals surface area contributed by atoms with Gasteiger partial charge in [-0.05, 0) is 11.0 Å². The number of hydrogen-bond acceptors (Lipinski definition) is 0. The number of hydrogen-bond donors (Lipinski definition) is 0. The maximum absolute atomic E-state index is 0. The molecule has 0 aliphatic heterocycles. The Balaban J connectivity index is 0. The van der Waals surface area contributed by atoms with E-state index in [9.17, 15) is 0 Å². The van der Waals surface area contributed by atoms with Crippen LogP contribution in [0, 0.1) is 0 Å². The molecule has 0 rings (SSSR count). The second-order valence-corrected chi connectivity index (χ2v) is 0. The molecule has 0 spiro atoms. The Morgan fingerprint density at radius 3 is 0.600 bits per heavy atom. The van der Waals surface area contributed by atoms with Gasteiger partial charge in [-0.3, -0.25) is 0 Å². The second kappa shape index (κ2) is 31.3. The van der Waals surface area contributed by atoms with Crippen molar-refractivity contribution >= 4 is 11.0 Å². The van der Waals surface area contributed by atoms with Gasteiger partial charge in [-0.1, -0.05) is 0 Å². The van der Waals surface area contributed by atoms with Crippen LogP contribution in [0.5, 0.6) is 0 Å². The molecule has 0 saturated carbocycles. The second-order valence-electron chi connectivity index (χ2n) is 0. The van der Waals surface area contributed by atoms with Crippen LogP contribution in [-0.4, -0.2) is 11.0 Å². The van der Waals surface area contributed by atoms with Crippen molar-refractivity contribution in [1.29, 1.82) is 0 Å². The summed E-state index contributed by atoms with van der Waals surface area (Å²) in [7, 11) is 0. The van der Waals surface area contributed by atoms with Gasteiger partial charge in [0.15, 0.2) is 0 Å². The van der Waals surface area contributed by atoms with Gasteiger partial charge in [0.25, 0.3) is 0 Å². The first kappa shape index (κ1) is 50.4. The molecule has 0 aliphatic carbocycles. The summed E-state index contributed by atoms with van der Waals surface area (Å²) in [6.07, 6.45) is 0. The molecule has 0 heterocycles. The van der Waals surface area contributed by atoms with E-state index in [1.165, 1.54) is 0 Å². The van der Waals surface area contributed by atoms with Gasteiger partial charge in [-0.2, -0.15) is 0 Å². The Hall–Kier alpha value is 2.52. The maximum Gasteiger partial charge on any atom is 0 e. The summed E-state index contributed by atoms with van der Waals surface area (Å²) >= 11 is 0. The molecule has 46 valence electrons. The molecule has 0 saturated heterocycles. The van der Waals surface area contributed by atoms with Gasteiger partial charge < -0.3 is 0 Å². The third kappa shape index (κ3) is 21.0. The monoisotopic (exact) mass is 402 g/mol.